The standard InChI is InChI=1S/C28H36ClFN4O4S/c1-17-22(39-16-32-17)18-7-8-19(21(14-18)38-13-11-29)15-31-24(35)20-6-5-12-34(20)25(36)23(27(2,3)4)33-26(37)28(30)9-10-28/h7-8,14,16,20,23H,5-6,9-13,15H2,1-4H3,(H,31,35)(H,33,37)/t20-,23+/m0/s1. The van der Waals surface area contributed by atoms with Crippen LogP contribution >= 0.6 is 22.9 Å². The quantitative estimate of drug-likeness (QED) is 0.408. The molecule has 1 saturated carbocycles. The number of halogens is 2. The summed E-state index contributed by atoms with van der Waals surface area (Å²) in [5.74, 6) is -0.458. The maximum Gasteiger partial charge on any atom is 0.258 e. The van der Waals surface area contributed by atoms with Gasteiger partial charge in [0.05, 0.1) is 22.0 Å². The number of hydrogen-bond donors (Lipinski definition) is 2. The van der Waals surface area contributed by atoms with E-state index in [2.05, 4.69) is 15.6 Å². The second-order valence-corrected chi connectivity index (χ2v) is 12.5. The number of ether oxygens (including phenoxy) is 1. The number of benzene rings is 1. The zero-order valence-electron chi connectivity index (χ0n) is 22.8. The Hall–Kier alpha value is -2.72. The van der Waals surface area contributed by atoms with E-state index >= 15 is 0 Å². The first-order valence-electron chi connectivity index (χ1n) is 13.2. The molecule has 0 unspecified atom stereocenters. The first-order valence-corrected chi connectivity index (χ1v) is 14.7. The molecule has 0 radical (unpaired) electrons. The van der Waals surface area contributed by atoms with Crippen molar-refractivity contribution in [1.29, 1.82) is 0 Å². The first-order chi connectivity index (χ1) is 18.4. The highest BCUT2D eigenvalue weighted by Crippen LogP contribution is 2.40. The van der Waals surface area contributed by atoms with E-state index in [0.717, 1.165) is 21.7 Å². The minimum absolute atomic E-state index is 0.167. The molecule has 1 aliphatic heterocycles. The molecule has 2 aromatic rings. The van der Waals surface area contributed by atoms with Crippen LogP contribution < -0.4 is 15.4 Å². The minimum atomic E-state index is -1.89. The number of nitrogens with zero attached hydrogens (tertiary/aromatic N) is 2. The van der Waals surface area contributed by atoms with Gasteiger partial charge in [0.15, 0.2) is 5.67 Å². The molecule has 0 bridgehead atoms. The van der Waals surface area contributed by atoms with Crippen LogP contribution in [0.5, 0.6) is 5.75 Å². The summed E-state index contributed by atoms with van der Waals surface area (Å²) in [6, 6.07) is 4.19. The average molecular weight is 579 g/mol. The van der Waals surface area contributed by atoms with Crippen LogP contribution in [0.3, 0.4) is 0 Å². The lowest BCUT2D eigenvalue weighted by atomic mass is 9.85. The van der Waals surface area contributed by atoms with E-state index in [4.69, 9.17) is 16.3 Å². The smallest absolute Gasteiger partial charge is 0.258 e. The Morgan fingerprint density at radius 1 is 1.31 bits per heavy atom. The van der Waals surface area contributed by atoms with Gasteiger partial charge in [-0.15, -0.1) is 22.9 Å². The highest BCUT2D eigenvalue weighted by atomic mass is 35.5. The number of likely N-dealkylation sites (tertiary alicyclic amines) is 1. The summed E-state index contributed by atoms with van der Waals surface area (Å²) in [5.41, 5.74) is 1.94. The van der Waals surface area contributed by atoms with E-state index in [0.29, 0.717) is 37.6 Å². The average Bonchev–Trinajstić information content (AvgIpc) is 3.27. The van der Waals surface area contributed by atoms with E-state index in [1.165, 1.54) is 4.90 Å². The fraction of sp³-hybridized carbons (Fsp3) is 0.571. The summed E-state index contributed by atoms with van der Waals surface area (Å²) in [6.45, 7) is 8.33. The molecule has 1 aliphatic carbocycles. The van der Waals surface area contributed by atoms with Gasteiger partial charge in [-0.05, 0) is 49.7 Å². The lowest BCUT2D eigenvalue weighted by molar-refractivity contribution is -0.144. The van der Waals surface area contributed by atoms with Crippen LogP contribution in [0.1, 0.15) is 57.7 Å². The van der Waals surface area contributed by atoms with Crippen molar-refractivity contribution in [3.8, 4) is 16.2 Å². The molecule has 2 heterocycles. The van der Waals surface area contributed by atoms with Gasteiger partial charge in [-0.25, -0.2) is 9.37 Å². The fourth-order valence-electron chi connectivity index (χ4n) is 4.72. The number of alkyl halides is 2. The molecule has 1 aromatic carbocycles. The third kappa shape index (κ3) is 6.72. The second-order valence-electron chi connectivity index (χ2n) is 11.3. The van der Waals surface area contributed by atoms with Gasteiger partial charge >= 0.3 is 0 Å². The highest BCUT2D eigenvalue weighted by molar-refractivity contribution is 7.13. The topological polar surface area (TPSA) is 101 Å². The summed E-state index contributed by atoms with van der Waals surface area (Å²) in [6.07, 6.45) is 1.50. The Labute approximate surface area is 237 Å². The predicted molar refractivity (Wildman–Crippen MR) is 150 cm³/mol. The lowest BCUT2D eigenvalue weighted by Crippen LogP contribution is -2.58. The van der Waals surface area contributed by atoms with Crippen molar-refractivity contribution in [1.82, 2.24) is 20.5 Å². The number of amides is 3. The van der Waals surface area contributed by atoms with Gasteiger partial charge in [-0.2, -0.15) is 0 Å². The molecule has 2 atom stereocenters. The van der Waals surface area contributed by atoms with Gasteiger partial charge in [0.1, 0.15) is 24.4 Å². The van der Waals surface area contributed by atoms with Crippen LogP contribution in [-0.2, 0) is 20.9 Å². The van der Waals surface area contributed by atoms with Crippen LogP contribution in [0.15, 0.2) is 23.7 Å². The van der Waals surface area contributed by atoms with Crippen molar-refractivity contribution in [3.63, 3.8) is 0 Å². The maximum absolute atomic E-state index is 14.4. The highest BCUT2D eigenvalue weighted by Gasteiger charge is 2.53. The van der Waals surface area contributed by atoms with E-state index in [1.807, 2.05) is 45.9 Å². The molecule has 2 fully saturated rings. The van der Waals surface area contributed by atoms with Gasteiger partial charge < -0.3 is 20.3 Å². The van der Waals surface area contributed by atoms with E-state index in [1.54, 1.807) is 16.8 Å². The largest absolute Gasteiger partial charge is 0.492 e. The van der Waals surface area contributed by atoms with Crippen LogP contribution in [0, 0.1) is 12.3 Å². The van der Waals surface area contributed by atoms with Gasteiger partial charge in [-0.3, -0.25) is 14.4 Å². The molecule has 8 nitrogen and oxygen atoms in total. The molecule has 212 valence electrons. The molecular weight excluding hydrogens is 543 g/mol. The van der Waals surface area contributed by atoms with Crippen molar-refractivity contribution < 1.29 is 23.5 Å². The van der Waals surface area contributed by atoms with Crippen molar-refractivity contribution in [3.05, 3.63) is 35.0 Å². The number of aromatic nitrogens is 1. The molecule has 39 heavy (non-hydrogen) atoms. The third-order valence-corrected chi connectivity index (χ3v) is 8.32. The molecule has 4 rings (SSSR count). The van der Waals surface area contributed by atoms with Gasteiger partial charge in [0, 0.05) is 18.7 Å². The van der Waals surface area contributed by atoms with Crippen LogP contribution in [0.25, 0.3) is 10.4 Å². The van der Waals surface area contributed by atoms with E-state index < -0.39 is 29.1 Å². The summed E-state index contributed by atoms with van der Waals surface area (Å²) >= 11 is 7.40. The van der Waals surface area contributed by atoms with Crippen molar-refractivity contribution in [2.24, 2.45) is 5.41 Å². The SMILES string of the molecule is Cc1ncsc1-c1ccc(CNC(=O)[C@@H]2CCCN2C(=O)[C@@H](NC(=O)C2(F)CC2)C(C)(C)C)c(OCCCl)c1. The number of aryl methyl sites for hydroxylation is 1. The van der Waals surface area contributed by atoms with Gasteiger partial charge in [-0.1, -0.05) is 32.9 Å². The number of rotatable bonds is 10. The summed E-state index contributed by atoms with van der Waals surface area (Å²) in [4.78, 5) is 46.2. The second kappa shape index (κ2) is 11.8. The monoisotopic (exact) mass is 578 g/mol. The van der Waals surface area contributed by atoms with Crippen molar-refractivity contribution in [2.75, 3.05) is 19.0 Å². The summed E-state index contributed by atoms with van der Waals surface area (Å²) in [7, 11) is 0. The number of nitrogens with one attached hydrogen (secondary N) is 2. The summed E-state index contributed by atoms with van der Waals surface area (Å²) < 4.78 is 20.2. The summed E-state index contributed by atoms with van der Waals surface area (Å²) in [5, 5.41) is 5.59. The Balaban J connectivity index is 1.46. The van der Waals surface area contributed by atoms with E-state index in [9.17, 15) is 18.8 Å². The molecule has 2 aliphatic rings. The van der Waals surface area contributed by atoms with Crippen molar-refractivity contribution in [2.45, 2.75) is 77.7 Å². The molecule has 2 N–H and O–H groups in total. The van der Waals surface area contributed by atoms with E-state index in [-0.39, 0.29) is 31.2 Å². The number of hydrogen-bond acceptors (Lipinski definition) is 6. The molecule has 0 spiro atoms. The predicted octanol–water partition coefficient (Wildman–Crippen LogP) is 4.38. The zero-order chi connectivity index (χ0) is 28.4. The minimum Gasteiger partial charge on any atom is -0.492 e. The van der Waals surface area contributed by atoms with Crippen LogP contribution in [-0.4, -0.2) is 64.4 Å². The normalized spacial score (nSPS) is 18.9. The van der Waals surface area contributed by atoms with Gasteiger partial charge in [0.25, 0.3) is 5.91 Å². The molecule has 1 aromatic heterocycles. The molecule has 11 heteroatoms. The number of thiazole rings is 1. The Kier molecular flexibility index (Phi) is 8.85. The van der Waals surface area contributed by atoms with Crippen molar-refractivity contribution >= 4 is 40.7 Å². The lowest BCUT2D eigenvalue weighted by Gasteiger charge is -2.35. The Morgan fingerprint density at radius 2 is 2.05 bits per heavy atom. The zero-order valence-corrected chi connectivity index (χ0v) is 24.4. The molecule has 3 amide bonds. The van der Waals surface area contributed by atoms with Crippen LogP contribution in [0.2, 0.25) is 0 Å². The van der Waals surface area contributed by atoms with Crippen LogP contribution in [0.4, 0.5) is 4.39 Å². The maximum atomic E-state index is 14.4. The first kappa shape index (κ1) is 29.3. The Morgan fingerprint density at radius 3 is 2.67 bits per heavy atom. The Bertz CT molecular complexity index is 1230. The number of carbonyl (C=O) groups is 3. The number of carbonyl (C=O) groups excluding carboxylic acids is 3. The molecule has 1 saturated heterocycles. The third-order valence-electron chi connectivity index (χ3n) is 7.19. The molecular formula is C28H36ClFN4O4S. The van der Waals surface area contributed by atoms with Gasteiger partial charge in [0.2, 0.25) is 11.8 Å². The fourth-order valence-corrected chi connectivity index (χ4v) is 5.60.